The standard InChI is InChI=1S/C12H12OS/c1-9-4-5-10(8-13)7-11(9)12-3-2-6-14-12/h2-7,13H,8H2,1H3. The quantitative estimate of drug-likeness (QED) is 0.796. The molecular weight excluding hydrogens is 192 g/mol. The smallest absolute Gasteiger partial charge is 0.0682 e. The summed E-state index contributed by atoms with van der Waals surface area (Å²) in [5, 5.41) is 11.1. The van der Waals surface area contributed by atoms with Crippen LogP contribution >= 0.6 is 11.3 Å². The zero-order chi connectivity index (χ0) is 9.97. The van der Waals surface area contributed by atoms with Crippen molar-refractivity contribution in [3.8, 4) is 10.4 Å². The molecule has 1 aromatic carbocycles. The predicted molar refractivity (Wildman–Crippen MR) is 60.4 cm³/mol. The lowest BCUT2D eigenvalue weighted by atomic mass is 10.0. The first kappa shape index (κ1) is 9.44. The highest BCUT2D eigenvalue weighted by atomic mass is 32.1. The third-order valence-electron chi connectivity index (χ3n) is 2.27. The molecule has 2 aromatic rings. The van der Waals surface area contributed by atoms with E-state index in [9.17, 15) is 0 Å². The van der Waals surface area contributed by atoms with Gasteiger partial charge in [0.1, 0.15) is 0 Å². The van der Waals surface area contributed by atoms with Gasteiger partial charge in [-0.15, -0.1) is 11.3 Å². The summed E-state index contributed by atoms with van der Waals surface area (Å²) in [6, 6.07) is 10.2. The summed E-state index contributed by atoms with van der Waals surface area (Å²) < 4.78 is 0. The minimum atomic E-state index is 0.110. The summed E-state index contributed by atoms with van der Waals surface area (Å²) in [6.45, 7) is 2.20. The van der Waals surface area contributed by atoms with E-state index < -0.39 is 0 Å². The van der Waals surface area contributed by atoms with Crippen molar-refractivity contribution in [3.05, 3.63) is 46.8 Å². The Morgan fingerprint density at radius 3 is 2.79 bits per heavy atom. The van der Waals surface area contributed by atoms with Crippen LogP contribution in [-0.2, 0) is 6.61 Å². The van der Waals surface area contributed by atoms with Crippen molar-refractivity contribution in [3.63, 3.8) is 0 Å². The number of hydrogen-bond donors (Lipinski definition) is 1. The highest BCUT2D eigenvalue weighted by Gasteiger charge is 2.03. The van der Waals surface area contributed by atoms with E-state index in [1.54, 1.807) is 11.3 Å². The molecule has 0 bridgehead atoms. The molecule has 1 aromatic heterocycles. The van der Waals surface area contributed by atoms with E-state index in [1.807, 2.05) is 12.1 Å². The topological polar surface area (TPSA) is 20.2 Å². The van der Waals surface area contributed by atoms with Crippen LogP contribution in [0.3, 0.4) is 0 Å². The van der Waals surface area contributed by atoms with Gasteiger partial charge in [0.05, 0.1) is 6.61 Å². The maximum Gasteiger partial charge on any atom is 0.0682 e. The van der Waals surface area contributed by atoms with Gasteiger partial charge in [0.2, 0.25) is 0 Å². The third-order valence-corrected chi connectivity index (χ3v) is 3.17. The fourth-order valence-corrected chi connectivity index (χ4v) is 2.27. The molecule has 1 N–H and O–H groups in total. The van der Waals surface area contributed by atoms with Crippen molar-refractivity contribution in [2.45, 2.75) is 13.5 Å². The summed E-state index contributed by atoms with van der Waals surface area (Å²) in [5.74, 6) is 0. The molecule has 0 unspecified atom stereocenters. The lowest BCUT2D eigenvalue weighted by molar-refractivity contribution is 0.282. The zero-order valence-corrected chi connectivity index (χ0v) is 8.84. The molecule has 0 aliphatic carbocycles. The van der Waals surface area contributed by atoms with Gasteiger partial charge in [-0.25, -0.2) is 0 Å². The minimum absolute atomic E-state index is 0.110. The normalized spacial score (nSPS) is 10.4. The zero-order valence-electron chi connectivity index (χ0n) is 8.03. The molecule has 0 fully saturated rings. The summed E-state index contributed by atoms with van der Waals surface area (Å²) in [6.07, 6.45) is 0. The average molecular weight is 204 g/mol. The molecule has 2 heteroatoms. The molecule has 0 saturated carbocycles. The lowest BCUT2D eigenvalue weighted by Gasteiger charge is -2.05. The van der Waals surface area contributed by atoms with E-state index in [0.29, 0.717) is 0 Å². The second kappa shape index (κ2) is 3.95. The monoisotopic (exact) mass is 204 g/mol. The Hall–Kier alpha value is -1.12. The molecule has 0 aliphatic rings. The van der Waals surface area contributed by atoms with Crippen LogP contribution in [0.1, 0.15) is 11.1 Å². The Balaban J connectivity index is 2.51. The van der Waals surface area contributed by atoms with E-state index in [0.717, 1.165) is 5.56 Å². The molecule has 72 valence electrons. The van der Waals surface area contributed by atoms with Crippen LogP contribution in [-0.4, -0.2) is 5.11 Å². The SMILES string of the molecule is Cc1ccc(CO)cc1-c1cccs1. The minimum Gasteiger partial charge on any atom is -0.392 e. The van der Waals surface area contributed by atoms with Crippen LogP contribution in [0.25, 0.3) is 10.4 Å². The van der Waals surface area contributed by atoms with Crippen LogP contribution in [0.5, 0.6) is 0 Å². The summed E-state index contributed by atoms with van der Waals surface area (Å²) in [7, 11) is 0. The number of thiophene rings is 1. The number of hydrogen-bond acceptors (Lipinski definition) is 2. The Labute approximate surface area is 87.7 Å². The molecule has 0 aliphatic heterocycles. The van der Waals surface area contributed by atoms with Gasteiger partial charge in [-0.3, -0.25) is 0 Å². The molecule has 0 radical (unpaired) electrons. The molecule has 2 rings (SSSR count). The second-order valence-electron chi connectivity index (χ2n) is 3.28. The van der Waals surface area contributed by atoms with Crippen molar-refractivity contribution < 1.29 is 5.11 Å². The maximum absolute atomic E-state index is 9.05. The van der Waals surface area contributed by atoms with E-state index in [1.165, 1.54) is 16.0 Å². The largest absolute Gasteiger partial charge is 0.392 e. The van der Waals surface area contributed by atoms with Gasteiger partial charge in [0.25, 0.3) is 0 Å². The number of benzene rings is 1. The summed E-state index contributed by atoms with van der Waals surface area (Å²) in [4.78, 5) is 1.26. The molecule has 14 heavy (non-hydrogen) atoms. The molecule has 1 nitrogen and oxygen atoms in total. The summed E-state index contributed by atoms with van der Waals surface area (Å²) in [5.41, 5.74) is 3.45. The van der Waals surface area contributed by atoms with Gasteiger partial charge in [0, 0.05) is 4.88 Å². The van der Waals surface area contributed by atoms with E-state index >= 15 is 0 Å². The predicted octanol–water partition coefficient (Wildman–Crippen LogP) is 3.22. The number of rotatable bonds is 2. The molecular formula is C12H12OS. The lowest BCUT2D eigenvalue weighted by Crippen LogP contribution is -1.86. The van der Waals surface area contributed by atoms with Gasteiger partial charge < -0.3 is 5.11 Å². The fourth-order valence-electron chi connectivity index (χ4n) is 1.46. The third kappa shape index (κ3) is 1.72. The molecule has 0 spiro atoms. The van der Waals surface area contributed by atoms with Crippen molar-refractivity contribution in [2.75, 3.05) is 0 Å². The molecule has 0 saturated heterocycles. The Kier molecular flexibility index (Phi) is 2.66. The Morgan fingerprint density at radius 2 is 2.14 bits per heavy atom. The van der Waals surface area contributed by atoms with E-state index in [4.69, 9.17) is 5.11 Å². The highest BCUT2D eigenvalue weighted by molar-refractivity contribution is 7.13. The van der Waals surface area contributed by atoms with Gasteiger partial charge in [0.15, 0.2) is 0 Å². The van der Waals surface area contributed by atoms with Gasteiger partial charge >= 0.3 is 0 Å². The highest BCUT2D eigenvalue weighted by Crippen LogP contribution is 2.28. The van der Waals surface area contributed by atoms with E-state index in [2.05, 4.69) is 30.5 Å². The first-order valence-electron chi connectivity index (χ1n) is 4.55. The molecule has 0 amide bonds. The van der Waals surface area contributed by atoms with Gasteiger partial charge in [-0.2, -0.15) is 0 Å². The van der Waals surface area contributed by atoms with Crippen LogP contribution in [0.15, 0.2) is 35.7 Å². The average Bonchev–Trinajstić information content (AvgIpc) is 2.71. The maximum atomic E-state index is 9.05. The van der Waals surface area contributed by atoms with Crippen LogP contribution < -0.4 is 0 Å². The van der Waals surface area contributed by atoms with Crippen molar-refractivity contribution in [1.82, 2.24) is 0 Å². The van der Waals surface area contributed by atoms with Crippen LogP contribution in [0, 0.1) is 6.92 Å². The van der Waals surface area contributed by atoms with Crippen molar-refractivity contribution >= 4 is 11.3 Å². The Bertz CT molecular complexity index is 418. The van der Waals surface area contributed by atoms with Crippen molar-refractivity contribution in [2.24, 2.45) is 0 Å². The fraction of sp³-hybridized carbons (Fsp3) is 0.167. The molecule has 0 atom stereocenters. The second-order valence-corrected chi connectivity index (χ2v) is 4.23. The first-order valence-corrected chi connectivity index (χ1v) is 5.43. The summed E-state index contributed by atoms with van der Waals surface area (Å²) >= 11 is 1.73. The van der Waals surface area contributed by atoms with Gasteiger partial charge in [-0.1, -0.05) is 18.2 Å². The number of aliphatic hydroxyl groups excluding tert-OH is 1. The van der Waals surface area contributed by atoms with Gasteiger partial charge in [-0.05, 0) is 41.1 Å². The van der Waals surface area contributed by atoms with Crippen molar-refractivity contribution in [1.29, 1.82) is 0 Å². The van der Waals surface area contributed by atoms with Crippen LogP contribution in [0.4, 0.5) is 0 Å². The number of aliphatic hydroxyl groups is 1. The molecule has 1 heterocycles. The Morgan fingerprint density at radius 1 is 1.29 bits per heavy atom. The first-order chi connectivity index (χ1) is 6.81. The van der Waals surface area contributed by atoms with E-state index in [-0.39, 0.29) is 6.61 Å². The number of aryl methyl sites for hydroxylation is 1. The van der Waals surface area contributed by atoms with Crippen LogP contribution in [0.2, 0.25) is 0 Å².